The molecular weight excluding hydrogens is 204 g/mol. The summed E-state index contributed by atoms with van der Waals surface area (Å²) in [6.07, 6.45) is 7.27. The molecule has 0 bridgehead atoms. The van der Waals surface area contributed by atoms with Crippen molar-refractivity contribution in [2.75, 3.05) is 0 Å². The molecule has 2 rings (SSSR count). The Labute approximate surface area is 96.2 Å². The third kappa shape index (κ3) is 2.55. The van der Waals surface area contributed by atoms with Crippen LogP contribution >= 0.6 is 0 Å². The molecule has 0 saturated heterocycles. The lowest BCUT2D eigenvalue weighted by Crippen LogP contribution is -2.34. The van der Waals surface area contributed by atoms with Gasteiger partial charge in [-0.05, 0) is 33.1 Å². The van der Waals surface area contributed by atoms with Crippen LogP contribution in [0.5, 0.6) is 5.75 Å². The number of nitrogens with zero attached hydrogens (tertiary/aromatic N) is 2. The fourth-order valence-electron chi connectivity index (χ4n) is 2.05. The van der Waals surface area contributed by atoms with Gasteiger partial charge >= 0.3 is 0 Å². The van der Waals surface area contributed by atoms with Crippen LogP contribution in [0.25, 0.3) is 0 Å². The van der Waals surface area contributed by atoms with Crippen LogP contribution in [0.15, 0.2) is 12.4 Å². The van der Waals surface area contributed by atoms with E-state index >= 15 is 0 Å². The molecule has 1 aliphatic carbocycles. The molecule has 90 valence electrons. The second-order valence-corrected chi connectivity index (χ2v) is 4.76. The Morgan fingerprint density at radius 3 is 2.81 bits per heavy atom. The molecule has 1 fully saturated rings. The Bertz CT molecular complexity index is 336. The van der Waals surface area contributed by atoms with Crippen molar-refractivity contribution in [3.8, 4) is 5.75 Å². The quantitative estimate of drug-likeness (QED) is 0.855. The molecule has 0 amide bonds. The van der Waals surface area contributed by atoms with Crippen LogP contribution in [0.2, 0.25) is 0 Å². The van der Waals surface area contributed by atoms with Gasteiger partial charge in [-0.1, -0.05) is 6.42 Å². The fourth-order valence-corrected chi connectivity index (χ4v) is 2.05. The predicted molar refractivity (Wildman–Crippen MR) is 61.5 cm³/mol. The third-order valence-electron chi connectivity index (χ3n) is 3.06. The monoisotopic (exact) mass is 224 g/mol. The molecule has 2 unspecified atom stereocenters. The first-order valence-electron chi connectivity index (χ1n) is 6.05. The number of rotatable bonds is 3. The van der Waals surface area contributed by atoms with E-state index < -0.39 is 0 Å². The molecule has 0 aromatic carbocycles. The van der Waals surface area contributed by atoms with E-state index in [4.69, 9.17) is 4.74 Å². The van der Waals surface area contributed by atoms with Crippen molar-refractivity contribution in [3.63, 3.8) is 0 Å². The number of ether oxygens (including phenoxy) is 1. The van der Waals surface area contributed by atoms with E-state index in [-0.39, 0.29) is 12.2 Å². The van der Waals surface area contributed by atoms with Crippen molar-refractivity contribution in [1.29, 1.82) is 0 Å². The van der Waals surface area contributed by atoms with Crippen molar-refractivity contribution in [2.45, 2.75) is 57.8 Å². The molecule has 1 saturated carbocycles. The van der Waals surface area contributed by atoms with Gasteiger partial charge in [-0.15, -0.1) is 0 Å². The predicted octanol–water partition coefficient (Wildman–Crippen LogP) is 2.15. The molecule has 1 aromatic heterocycles. The fraction of sp³-hybridized carbons (Fsp3) is 0.750. The summed E-state index contributed by atoms with van der Waals surface area (Å²) in [5.41, 5.74) is 0. The first kappa shape index (κ1) is 11.5. The molecule has 2 atom stereocenters. The van der Waals surface area contributed by atoms with Gasteiger partial charge in [0, 0.05) is 6.04 Å². The van der Waals surface area contributed by atoms with Crippen molar-refractivity contribution < 1.29 is 9.84 Å². The first-order chi connectivity index (χ1) is 7.66. The van der Waals surface area contributed by atoms with E-state index in [0.29, 0.717) is 6.04 Å². The summed E-state index contributed by atoms with van der Waals surface area (Å²) >= 11 is 0. The lowest BCUT2D eigenvalue weighted by Gasteiger charge is -2.27. The minimum absolute atomic E-state index is 0.0569. The highest BCUT2D eigenvalue weighted by molar-refractivity contribution is 5.13. The van der Waals surface area contributed by atoms with E-state index in [0.717, 1.165) is 31.4 Å². The lowest BCUT2D eigenvalue weighted by atomic mass is 9.95. The molecule has 0 aliphatic heterocycles. The second kappa shape index (κ2) is 4.87. The van der Waals surface area contributed by atoms with Gasteiger partial charge in [0.05, 0.1) is 18.5 Å². The summed E-state index contributed by atoms with van der Waals surface area (Å²) in [5.74, 6) is 0.764. The SMILES string of the molecule is CC(C)n1cc(OC2CCCCC2O)cn1. The van der Waals surface area contributed by atoms with Crippen LogP contribution in [-0.2, 0) is 0 Å². The molecule has 4 heteroatoms. The summed E-state index contributed by atoms with van der Waals surface area (Å²) in [5, 5.41) is 14.0. The van der Waals surface area contributed by atoms with E-state index in [1.165, 1.54) is 0 Å². The summed E-state index contributed by atoms with van der Waals surface area (Å²) in [4.78, 5) is 0. The number of aromatic nitrogens is 2. The molecule has 1 N–H and O–H groups in total. The van der Waals surface area contributed by atoms with Crippen LogP contribution < -0.4 is 4.74 Å². The Kier molecular flexibility index (Phi) is 3.49. The van der Waals surface area contributed by atoms with Gasteiger partial charge in [-0.3, -0.25) is 4.68 Å². The van der Waals surface area contributed by atoms with E-state index in [9.17, 15) is 5.11 Å². The zero-order valence-corrected chi connectivity index (χ0v) is 9.97. The Hall–Kier alpha value is -1.03. The second-order valence-electron chi connectivity index (χ2n) is 4.76. The van der Waals surface area contributed by atoms with Gasteiger partial charge in [0.1, 0.15) is 6.10 Å². The molecule has 1 aliphatic rings. The molecule has 16 heavy (non-hydrogen) atoms. The summed E-state index contributed by atoms with van der Waals surface area (Å²) in [7, 11) is 0. The van der Waals surface area contributed by atoms with Crippen molar-refractivity contribution in [2.24, 2.45) is 0 Å². The molecular formula is C12H20N2O2. The van der Waals surface area contributed by atoms with E-state index in [1.54, 1.807) is 6.20 Å². The summed E-state index contributed by atoms with van der Waals surface area (Å²) in [6, 6.07) is 0.341. The van der Waals surface area contributed by atoms with Crippen molar-refractivity contribution >= 4 is 0 Å². The van der Waals surface area contributed by atoms with Gasteiger partial charge in [0.25, 0.3) is 0 Å². The average Bonchev–Trinajstić information content (AvgIpc) is 2.70. The molecule has 1 heterocycles. The van der Waals surface area contributed by atoms with E-state index in [2.05, 4.69) is 18.9 Å². The normalized spacial score (nSPS) is 26.0. The van der Waals surface area contributed by atoms with Gasteiger partial charge in [0.15, 0.2) is 5.75 Å². The van der Waals surface area contributed by atoms with E-state index in [1.807, 2.05) is 10.9 Å². The minimum Gasteiger partial charge on any atom is -0.484 e. The maximum Gasteiger partial charge on any atom is 0.157 e. The zero-order valence-electron chi connectivity index (χ0n) is 9.97. The smallest absolute Gasteiger partial charge is 0.157 e. The number of hydrogen-bond donors (Lipinski definition) is 1. The zero-order chi connectivity index (χ0) is 11.5. The summed E-state index contributed by atoms with van der Waals surface area (Å²) < 4.78 is 7.63. The number of hydrogen-bond acceptors (Lipinski definition) is 3. The summed E-state index contributed by atoms with van der Waals surface area (Å²) in [6.45, 7) is 4.15. The molecule has 0 spiro atoms. The highest BCUT2D eigenvalue weighted by Crippen LogP contribution is 2.24. The lowest BCUT2D eigenvalue weighted by molar-refractivity contribution is 0.00681. The Balaban J connectivity index is 1.97. The van der Waals surface area contributed by atoms with Gasteiger partial charge in [0.2, 0.25) is 0 Å². The van der Waals surface area contributed by atoms with Crippen LogP contribution in [0.4, 0.5) is 0 Å². The van der Waals surface area contributed by atoms with Crippen molar-refractivity contribution in [1.82, 2.24) is 9.78 Å². The van der Waals surface area contributed by atoms with Gasteiger partial charge in [-0.25, -0.2) is 0 Å². The molecule has 4 nitrogen and oxygen atoms in total. The van der Waals surface area contributed by atoms with Crippen LogP contribution in [0, 0.1) is 0 Å². The average molecular weight is 224 g/mol. The Morgan fingerprint density at radius 1 is 1.44 bits per heavy atom. The van der Waals surface area contributed by atoms with Crippen LogP contribution in [-0.4, -0.2) is 27.1 Å². The molecule has 0 radical (unpaired) electrons. The minimum atomic E-state index is -0.323. The first-order valence-corrected chi connectivity index (χ1v) is 6.05. The topological polar surface area (TPSA) is 47.3 Å². The highest BCUT2D eigenvalue weighted by Gasteiger charge is 2.25. The largest absolute Gasteiger partial charge is 0.484 e. The standard InChI is InChI=1S/C12H20N2O2/c1-9(2)14-8-10(7-13-14)16-12-6-4-3-5-11(12)15/h7-9,11-12,15H,3-6H2,1-2H3. The maximum atomic E-state index is 9.79. The van der Waals surface area contributed by atoms with Crippen LogP contribution in [0.3, 0.4) is 0 Å². The number of aliphatic hydroxyl groups is 1. The third-order valence-corrected chi connectivity index (χ3v) is 3.06. The molecule has 1 aromatic rings. The van der Waals surface area contributed by atoms with Gasteiger partial charge < -0.3 is 9.84 Å². The Morgan fingerprint density at radius 2 is 2.19 bits per heavy atom. The maximum absolute atomic E-state index is 9.79. The van der Waals surface area contributed by atoms with Crippen molar-refractivity contribution in [3.05, 3.63) is 12.4 Å². The number of aliphatic hydroxyl groups excluding tert-OH is 1. The van der Waals surface area contributed by atoms with Gasteiger partial charge in [-0.2, -0.15) is 5.10 Å². The highest BCUT2D eigenvalue weighted by atomic mass is 16.5. The van der Waals surface area contributed by atoms with Crippen LogP contribution in [0.1, 0.15) is 45.6 Å².